The second-order valence-corrected chi connectivity index (χ2v) is 6.83. The molecule has 0 saturated heterocycles. The molecule has 0 unspecified atom stereocenters. The minimum absolute atomic E-state index is 0.238. The molecule has 0 aliphatic carbocycles. The summed E-state index contributed by atoms with van der Waals surface area (Å²) in [5.41, 5.74) is 1.27. The Morgan fingerprint density at radius 1 is 1.07 bits per heavy atom. The van der Waals surface area contributed by atoms with Crippen molar-refractivity contribution in [1.82, 2.24) is 10.3 Å². The van der Waals surface area contributed by atoms with Crippen LogP contribution in [0.25, 0.3) is 0 Å². The maximum absolute atomic E-state index is 12.2. The minimum atomic E-state index is -0.605. The highest BCUT2D eigenvalue weighted by molar-refractivity contribution is 9.10. The Morgan fingerprint density at radius 3 is 2.48 bits per heavy atom. The van der Waals surface area contributed by atoms with Gasteiger partial charge in [-0.25, -0.2) is 4.98 Å². The summed E-state index contributed by atoms with van der Waals surface area (Å²) in [6.07, 6.45) is 1.30. The molecule has 27 heavy (non-hydrogen) atoms. The number of pyridine rings is 1. The lowest BCUT2D eigenvalue weighted by Gasteiger charge is -2.11. The van der Waals surface area contributed by atoms with E-state index in [0.29, 0.717) is 30.2 Å². The summed E-state index contributed by atoms with van der Waals surface area (Å²) in [7, 11) is 0. The molecule has 5 nitrogen and oxygen atoms in total. The number of nitrogens with one attached hydrogen (secondary N) is 1. The van der Waals surface area contributed by atoms with Gasteiger partial charge in [-0.3, -0.25) is 4.79 Å². The highest BCUT2D eigenvalue weighted by atomic mass is 79.9. The standard InChI is InChI=1S/C21H19BrN2O3/c22-17-7-9-18(10-8-17)27-20-11-6-16(14-24-20)21(26)23-13-12-19(25)15-4-2-1-3-5-15/h1-11,14,19,25H,12-13H2,(H,23,26)/t19-/m0/s1. The predicted octanol–water partition coefficient (Wildman–Crippen LogP) is 4.49. The average Bonchev–Trinajstić information content (AvgIpc) is 2.71. The molecule has 0 radical (unpaired) electrons. The number of rotatable bonds is 7. The lowest BCUT2D eigenvalue weighted by atomic mass is 10.1. The summed E-state index contributed by atoms with van der Waals surface area (Å²) in [5.74, 6) is 0.837. The Morgan fingerprint density at radius 2 is 1.81 bits per heavy atom. The number of aliphatic hydroxyl groups excluding tert-OH is 1. The van der Waals surface area contributed by atoms with Crippen LogP contribution in [0.5, 0.6) is 11.6 Å². The molecule has 0 fully saturated rings. The van der Waals surface area contributed by atoms with Gasteiger partial charge in [0, 0.05) is 23.3 Å². The number of carbonyl (C=O) groups is 1. The highest BCUT2D eigenvalue weighted by Crippen LogP contribution is 2.21. The van der Waals surface area contributed by atoms with Crippen molar-refractivity contribution in [2.45, 2.75) is 12.5 Å². The molecule has 0 bridgehead atoms. The molecule has 0 spiro atoms. The zero-order valence-corrected chi connectivity index (χ0v) is 16.1. The van der Waals surface area contributed by atoms with Gasteiger partial charge in [0.05, 0.1) is 11.7 Å². The Balaban J connectivity index is 1.49. The van der Waals surface area contributed by atoms with Gasteiger partial charge in [0.1, 0.15) is 5.75 Å². The van der Waals surface area contributed by atoms with Crippen LogP contribution in [-0.2, 0) is 0 Å². The van der Waals surface area contributed by atoms with Gasteiger partial charge < -0.3 is 15.2 Å². The molecular weight excluding hydrogens is 408 g/mol. The quantitative estimate of drug-likeness (QED) is 0.583. The second kappa shape index (κ2) is 9.30. The third kappa shape index (κ3) is 5.64. The molecule has 0 aliphatic rings. The number of nitrogens with zero attached hydrogens (tertiary/aromatic N) is 1. The molecule has 1 aromatic heterocycles. The summed E-state index contributed by atoms with van der Waals surface area (Å²) >= 11 is 3.37. The summed E-state index contributed by atoms with van der Waals surface area (Å²) in [5, 5.41) is 12.9. The van der Waals surface area contributed by atoms with Crippen molar-refractivity contribution < 1.29 is 14.6 Å². The number of benzene rings is 2. The van der Waals surface area contributed by atoms with Gasteiger partial charge in [-0.15, -0.1) is 0 Å². The Labute approximate surface area is 166 Å². The van der Waals surface area contributed by atoms with Gasteiger partial charge in [0.2, 0.25) is 5.88 Å². The van der Waals surface area contributed by atoms with Gasteiger partial charge in [-0.1, -0.05) is 46.3 Å². The fourth-order valence-corrected chi connectivity index (χ4v) is 2.73. The Kier molecular flexibility index (Phi) is 6.57. The molecule has 1 atom stereocenters. The average molecular weight is 427 g/mol. The van der Waals surface area contributed by atoms with Crippen molar-refractivity contribution in [1.29, 1.82) is 0 Å². The minimum Gasteiger partial charge on any atom is -0.439 e. The van der Waals surface area contributed by atoms with E-state index in [1.807, 2.05) is 54.6 Å². The maximum Gasteiger partial charge on any atom is 0.252 e. The van der Waals surface area contributed by atoms with E-state index in [1.165, 1.54) is 6.20 Å². The lowest BCUT2D eigenvalue weighted by Crippen LogP contribution is -2.25. The summed E-state index contributed by atoms with van der Waals surface area (Å²) < 4.78 is 6.60. The van der Waals surface area contributed by atoms with Gasteiger partial charge in [0.15, 0.2) is 0 Å². The van der Waals surface area contributed by atoms with Crippen LogP contribution >= 0.6 is 15.9 Å². The third-order valence-electron chi connectivity index (χ3n) is 3.92. The summed E-state index contributed by atoms with van der Waals surface area (Å²) in [6, 6.07) is 20.1. The first-order valence-corrected chi connectivity index (χ1v) is 9.32. The molecule has 1 heterocycles. The number of hydrogen-bond acceptors (Lipinski definition) is 4. The van der Waals surface area contributed by atoms with E-state index in [0.717, 1.165) is 10.0 Å². The molecule has 6 heteroatoms. The number of hydrogen-bond donors (Lipinski definition) is 2. The zero-order chi connectivity index (χ0) is 19.1. The molecule has 3 rings (SSSR count). The number of ether oxygens (including phenoxy) is 1. The molecule has 3 aromatic rings. The third-order valence-corrected chi connectivity index (χ3v) is 4.45. The maximum atomic E-state index is 12.2. The van der Waals surface area contributed by atoms with Gasteiger partial charge >= 0.3 is 0 Å². The number of aromatic nitrogens is 1. The van der Waals surface area contributed by atoms with Gasteiger partial charge in [-0.05, 0) is 42.3 Å². The fraction of sp³-hybridized carbons (Fsp3) is 0.143. The van der Waals surface area contributed by atoms with E-state index in [9.17, 15) is 9.90 Å². The van der Waals surface area contributed by atoms with Crippen LogP contribution in [-0.4, -0.2) is 22.5 Å². The van der Waals surface area contributed by atoms with E-state index in [4.69, 9.17) is 4.74 Å². The van der Waals surface area contributed by atoms with Crippen molar-refractivity contribution in [3.05, 3.63) is 88.5 Å². The van der Waals surface area contributed by atoms with Gasteiger partial charge in [-0.2, -0.15) is 0 Å². The number of aliphatic hydroxyl groups is 1. The first-order valence-electron chi connectivity index (χ1n) is 8.52. The number of amides is 1. The van der Waals surface area contributed by atoms with E-state index in [2.05, 4.69) is 26.2 Å². The van der Waals surface area contributed by atoms with E-state index >= 15 is 0 Å². The highest BCUT2D eigenvalue weighted by Gasteiger charge is 2.10. The number of carbonyl (C=O) groups excluding carboxylic acids is 1. The molecule has 1 amide bonds. The van der Waals surface area contributed by atoms with Crippen LogP contribution in [0.15, 0.2) is 77.4 Å². The largest absolute Gasteiger partial charge is 0.439 e. The zero-order valence-electron chi connectivity index (χ0n) is 14.5. The fourth-order valence-electron chi connectivity index (χ4n) is 2.46. The molecule has 0 aliphatic heterocycles. The van der Waals surface area contributed by atoms with Gasteiger partial charge in [0.25, 0.3) is 5.91 Å². The van der Waals surface area contributed by atoms with Crippen molar-refractivity contribution >= 4 is 21.8 Å². The van der Waals surface area contributed by atoms with E-state index in [1.54, 1.807) is 12.1 Å². The van der Waals surface area contributed by atoms with E-state index < -0.39 is 6.10 Å². The summed E-state index contributed by atoms with van der Waals surface area (Å²) in [6.45, 7) is 0.367. The van der Waals surface area contributed by atoms with Crippen LogP contribution in [0, 0.1) is 0 Å². The molecular formula is C21H19BrN2O3. The Bertz CT molecular complexity index is 868. The summed E-state index contributed by atoms with van der Waals surface area (Å²) in [4.78, 5) is 16.4. The van der Waals surface area contributed by atoms with Crippen molar-refractivity contribution in [2.24, 2.45) is 0 Å². The Hall–Kier alpha value is -2.70. The van der Waals surface area contributed by atoms with Crippen LogP contribution in [0.2, 0.25) is 0 Å². The monoisotopic (exact) mass is 426 g/mol. The lowest BCUT2D eigenvalue weighted by molar-refractivity contribution is 0.0942. The van der Waals surface area contributed by atoms with E-state index in [-0.39, 0.29) is 5.91 Å². The van der Waals surface area contributed by atoms with Crippen LogP contribution in [0.4, 0.5) is 0 Å². The molecule has 0 saturated carbocycles. The second-order valence-electron chi connectivity index (χ2n) is 5.91. The predicted molar refractivity (Wildman–Crippen MR) is 107 cm³/mol. The topological polar surface area (TPSA) is 71.5 Å². The first-order chi connectivity index (χ1) is 13.1. The van der Waals surface area contributed by atoms with Crippen LogP contribution in [0.1, 0.15) is 28.4 Å². The number of halogens is 1. The van der Waals surface area contributed by atoms with Crippen molar-refractivity contribution in [3.8, 4) is 11.6 Å². The molecule has 2 aromatic carbocycles. The smallest absolute Gasteiger partial charge is 0.252 e. The van der Waals surface area contributed by atoms with Crippen LogP contribution in [0.3, 0.4) is 0 Å². The normalized spacial score (nSPS) is 11.6. The first kappa shape index (κ1) is 19.1. The molecule has 138 valence electrons. The van der Waals surface area contributed by atoms with Crippen molar-refractivity contribution in [3.63, 3.8) is 0 Å². The van der Waals surface area contributed by atoms with Crippen LogP contribution < -0.4 is 10.1 Å². The van der Waals surface area contributed by atoms with Crippen molar-refractivity contribution in [2.75, 3.05) is 6.54 Å². The SMILES string of the molecule is O=C(NCC[C@H](O)c1ccccc1)c1ccc(Oc2ccc(Br)cc2)nc1. The molecule has 2 N–H and O–H groups in total.